The third-order valence-electron chi connectivity index (χ3n) is 6.80. The second-order valence-corrected chi connectivity index (χ2v) is 9.42. The lowest BCUT2D eigenvalue weighted by molar-refractivity contribution is -0.142. The van der Waals surface area contributed by atoms with Crippen LogP contribution in [0.5, 0.6) is 0 Å². The van der Waals surface area contributed by atoms with E-state index in [1.807, 2.05) is 0 Å². The lowest BCUT2D eigenvalue weighted by Crippen LogP contribution is -2.51. The SMILES string of the molecule is O=C(c1cnc2snnc2c1)N1CCC2(CC1)OC1CC[C@@H](c3cc(F)cc(F)c3)N1C2=O. The second-order valence-electron chi connectivity index (χ2n) is 8.69. The Kier molecular flexibility index (Phi) is 4.66. The Morgan fingerprint density at radius 3 is 2.64 bits per heavy atom. The highest BCUT2D eigenvalue weighted by atomic mass is 32.1. The smallest absolute Gasteiger partial charge is 0.257 e. The number of halogens is 2. The minimum absolute atomic E-state index is 0.164. The van der Waals surface area contributed by atoms with Crippen molar-refractivity contribution in [2.75, 3.05) is 13.1 Å². The predicted molar refractivity (Wildman–Crippen MR) is 113 cm³/mol. The van der Waals surface area contributed by atoms with Crippen LogP contribution >= 0.6 is 11.5 Å². The summed E-state index contributed by atoms with van der Waals surface area (Å²) in [5, 5.41) is 3.97. The molecule has 11 heteroatoms. The topological polar surface area (TPSA) is 88.5 Å². The Balaban J connectivity index is 1.18. The van der Waals surface area contributed by atoms with Gasteiger partial charge in [-0.15, -0.1) is 5.10 Å². The van der Waals surface area contributed by atoms with Crippen LogP contribution in [0.15, 0.2) is 30.5 Å². The average Bonchev–Trinajstić information content (AvgIpc) is 3.49. The van der Waals surface area contributed by atoms with Gasteiger partial charge in [0.2, 0.25) is 0 Å². The number of carbonyl (C=O) groups is 2. The summed E-state index contributed by atoms with van der Waals surface area (Å²) >= 11 is 1.17. The van der Waals surface area contributed by atoms with Gasteiger partial charge in [-0.3, -0.25) is 9.59 Å². The molecule has 3 aliphatic heterocycles. The third kappa shape index (κ3) is 3.29. The van der Waals surface area contributed by atoms with E-state index in [2.05, 4.69) is 14.6 Å². The molecular weight excluding hydrogens is 452 g/mol. The van der Waals surface area contributed by atoms with E-state index in [9.17, 15) is 18.4 Å². The number of rotatable bonds is 2. The number of amides is 2. The van der Waals surface area contributed by atoms with E-state index < -0.39 is 29.5 Å². The number of likely N-dealkylation sites (tertiary alicyclic amines) is 1. The minimum Gasteiger partial charge on any atom is -0.342 e. The molecule has 2 atom stereocenters. The van der Waals surface area contributed by atoms with Crippen LogP contribution < -0.4 is 0 Å². The summed E-state index contributed by atoms with van der Waals surface area (Å²) in [5.74, 6) is -1.66. The van der Waals surface area contributed by atoms with Crippen LogP contribution in [0.4, 0.5) is 8.78 Å². The molecule has 0 aliphatic carbocycles. The monoisotopic (exact) mass is 471 g/mol. The van der Waals surface area contributed by atoms with Crippen molar-refractivity contribution in [1.29, 1.82) is 0 Å². The number of hydrogen-bond donors (Lipinski definition) is 0. The molecule has 0 saturated carbocycles. The number of carbonyl (C=O) groups excluding carboxylic acids is 2. The van der Waals surface area contributed by atoms with Crippen LogP contribution in [0.2, 0.25) is 0 Å². The second kappa shape index (κ2) is 7.49. The molecule has 3 aliphatic rings. The first-order chi connectivity index (χ1) is 15.9. The number of hydrogen-bond acceptors (Lipinski definition) is 7. The maximum Gasteiger partial charge on any atom is 0.257 e. The molecule has 3 saturated heterocycles. The van der Waals surface area contributed by atoms with E-state index in [0.29, 0.717) is 60.2 Å². The summed E-state index contributed by atoms with van der Waals surface area (Å²) in [6, 6.07) is 4.63. The number of nitrogens with zero attached hydrogens (tertiary/aromatic N) is 5. The van der Waals surface area contributed by atoms with Crippen LogP contribution in [0, 0.1) is 11.6 Å². The van der Waals surface area contributed by atoms with Gasteiger partial charge in [-0.1, -0.05) is 4.49 Å². The predicted octanol–water partition coefficient (Wildman–Crippen LogP) is 3.06. The number of aromatic nitrogens is 3. The summed E-state index contributed by atoms with van der Waals surface area (Å²) in [6.07, 6.45) is 3.02. The van der Waals surface area contributed by atoms with Gasteiger partial charge in [0, 0.05) is 49.7 Å². The Morgan fingerprint density at radius 1 is 1.12 bits per heavy atom. The lowest BCUT2D eigenvalue weighted by Gasteiger charge is -2.37. The number of ether oxygens (including phenoxy) is 1. The van der Waals surface area contributed by atoms with Crippen LogP contribution in [-0.2, 0) is 9.53 Å². The molecule has 170 valence electrons. The number of fused-ring (bicyclic) bond motifs is 2. The molecular formula is C22H19F2N5O3S. The van der Waals surface area contributed by atoms with Crippen molar-refractivity contribution in [3.63, 3.8) is 0 Å². The maximum absolute atomic E-state index is 13.8. The molecule has 5 heterocycles. The zero-order valence-corrected chi connectivity index (χ0v) is 18.2. The van der Waals surface area contributed by atoms with Crippen molar-refractivity contribution < 1.29 is 23.1 Å². The van der Waals surface area contributed by atoms with Gasteiger partial charge in [-0.2, -0.15) is 0 Å². The van der Waals surface area contributed by atoms with E-state index >= 15 is 0 Å². The molecule has 3 aromatic rings. The van der Waals surface area contributed by atoms with Crippen LogP contribution in [0.1, 0.15) is 47.6 Å². The maximum atomic E-state index is 13.8. The summed E-state index contributed by atoms with van der Waals surface area (Å²) in [5.41, 5.74) is 0.441. The molecule has 0 N–H and O–H groups in total. The van der Waals surface area contributed by atoms with Gasteiger partial charge in [0.1, 0.15) is 23.4 Å². The molecule has 8 nitrogen and oxygen atoms in total. The molecule has 1 unspecified atom stereocenters. The standard InChI is InChI=1S/C22H19F2N5O3S/c23-14-7-12(8-15(24)10-14)17-1-2-18-29(17)21(31)22(32-18)3-5-28(6-4-22)20(30)13-9-16-19(25-11-13)33-27-26-16/h7-11,17-18H,1-6H2/t17-,18?/m0/s1. The van der Waals surface area contributed by atoms with E-state index in [1.54, 1.807) is 15.9 Å². The largest absolute Gasteiger partial charge is 0.342 e. The molecule has 0 radical (unpaired) electrons. The Labute approximate surface area is 191 Å². The zero-order chi connectivity index (χ0) is 22.7. The number of benzene rings is 1. The highest BCUT2D eigenvalue weighted by Gasteiger charge is 2.58. The Morgan fingerprint density at radius 2 is 1.88 bits per heavy atom. The van der Waals surface area contributed by atoms with Crippen molar-refractivity contribution in [1.82, 2.24) is 24.4 Å². The third-order valence-corrected chi connectivity index (χ3v) is 7.45. The van der Waals surface area contributed by atoms with Gasteiger partial charge < -0.3 is 14.5 Å². The number of pyridine rings is 1. The van der Waals surface area contributed by atoms with E-state index in [-0.39, 0.29) is 11.8 Å². The van der Waals surface area contributed by atoms with Crippen LogP contribution in [0.3, 0.4) is 0 Å². The van der Waals surface area contributed by atoms with Gasteiger partial charge in [0.15, 0.2) is 10.4 Å². The summed E-state index contributed by atoms with van der Waals surface area (Å²) in [4.78, 5) is 34.7. The molecule has 1 aromatic carbocycles. The number of piperidine rings is 1. The highest BCUT2D eigenvalue weighted by molar-refractivity contribution is 7.12. The quantitative estimate of drug-likeness (QED) is 0.571. The van der Waals surface area contributed by atoms with Gasteiger partial charge in [0.05, 0.1) is 11.6 Å². The van der Waals surface area contributed by atoms with Gasteiger partial charge in [-0.05, 0) is 36.6 Å². The van der Waals surface area contributed by atoms with Crippen molar-refractivity contribution in [2.24, 2.45) is 0 Å². The van der Waals surface area contributed by atoms with Crippen molar-refractivity contribution in [2.45, 2.75) is 43.6 Å². The zero-order valence-electron chi connectivity index (χ0n) is 17.4. The normalized spacial score (nSPS) is 24.1. The summed E-state index contributed by atoms with van der Waals surface area (Å²) in [7, 11) is 0. The average molecular weight is 471 g/mol. The van der Waals surface area contributed by atoms with Crippen molar-refractivity contribution in [3.05, 3.63) is 53.2 Å². The fourth-order valence-corrected chi connectivity index (χ4v) is 5.70. The lowest BCUT2D eigenvalue weighted by atomic mass is 9.89. The Hall–Kier alpha value is -3.05. The van der Waals surface area contributed by atoms with Gasteiger partial charge >= 0.3 is 0 Å². The van der Waals surface area contributed by atoms with Crippen molar-refractivity contribution >= 4 is 33.7 Å². The molecule has 3 fully saturated rings. The molecule has 33 heavy (non-hydrogen) atoms. The van der Waals surface area contributed by atoms with E-state index in [4.69, 9.17) is 4.74 Å². The molecule has 0 bridgehead atoms. The first-order valence-electron chi connectivity index (χ1n) is 10.8. The fraction of sp³-hybridized carbons (Fsp3) is 0.409. The van der Waals surface area contributed by atoms with Crippen molar-refractivity contribution in [3.8, 4) is 0 Å². The van der Waals surface area contributed by atoms with Crippen LogP contribution in [0.25, 0.3) is 10.3 Å². The summed E-state index contributed by atoms with van der Waals surface area (Å²) in [6.45, 7) is 0.718. The molecule has 2 aromatic heterocycles. The molecule has 6 rings (SSSR count). The molecule has 1 spiro atoms. The Bertz CT molecular complexity index is 1260. The fourth-order valence-electron chi connectivity index (χ4n) is 5.20. The van der Waals surface area contributed by atoms with Gasteiger partial charge in [0.25, 0.3) is 11.8 Å². The van der Waals surface area contributed by atoms with E-state index in [1.165, 1.54) is 29.9 Å². The first-order valence-corrected chi connectivity index (χ1v) is 11.5. The van der Waals surface area contributed by atoms with Gasteiger partial charge in [-0.25, -0.2) is 13.8 Å². The highest BCUT2D eigenvalue weighted by Crippen LogP contribution is 2.47. The van der Waals surface area contributed by atoms with Crippen LogP contribution in [-0.4, -0.2) is 61.1 Å². The first kappa shape index (κ1) is 20.5. The molecule has 2 amide bonds. The summed E-state index contributed by atoms with van der Waals surface area (Å²) < 4.78 is 37.6. The van der Waals surface area contributed by atoms with E-state index in [0.717, 1.165) is 6.07 Å². The minimum atomic E-state index is -1.01.